The summed E-state index contributed by atoms with van der Waals surface area (Å²) < 4.78 is 2.06. The van der Waals surface area contributed by atoms with E-state index in [2.05, 4.69) is 11.1 Å². The van der Waals surface area contributed by atoms with Crippen LogP contribution in [0.25, 0.3) is 10.2 Å². The number of carbonyl (C=O) groups excluding carboxylic acids is 1. The Kier molecular flexibility index (Phi) is 6.39. The first-order valence-electron chi connectivity index (χ1n) is 8.43. The largest absolute Gasteiger partial charge is 0.311 e. The first kappa shape index (κ1) is 20.4. The molecule has 28 heavy (non-hydrogen) atoms. The average molecular weight is 433 g/mol. The van der Waals surface area contributed by atoms with Crippen LogP contribution in [0.5, 0.6) is 0 Å². The van der Waals surface area contributed by atoms with Crippen molar-refractivity contribution in [3.05, 3.63) is 50.6 Å². The highest BCUT2D eigenvalue weighted by Crippen LogP contribution is 2.25. The number of halogens is 1. The van der Waals surface area contributed by atoms with E-state index in [0.29, 0.717) is 26.1 Å². The van der Waals surface area contributed by atoms with Gasteiger partial charge in [0.05, 0.1) is 23.8 Å². The summed E-state index contributed by atoms with van der Waals surface area (Å²) in [6.45, 7) is 2.15. The third-order valence-electron chi connectivity index (χ3n) is 4.17. The number of aromatic nitrogens is 2. The Labute approximate surface area is 175 Å². The molecular weight excluding hydrogens is 416 g/mol. The van der Waals surface area contributed by atoms with Crippen LogP contribution in [-0.2, 0) is 11.8 Å². The molecule has 0 fully saturated rings. The molecule has 2 heterocycles. The summed E-state index contributed by atoms with van der Waals surface area (Å²) in [7, 11) is 1.65. The van der Waals surface area contributed by atoms with Gasteiger partial charge >= 0.3 is 0 Å². The Balaban J connectivity index is 1.82. The number of benzene rings is 1. The zero-order chi connectivity index (χ0) is 20.3. The molecule has 0 N–H and O–H groups in total. The summed E-state index contributed by atoms with van der Waals surface area (Å²) in [4.78, 5) is 31.3. The molecule has 144 valence electrons. The van der Waals surface area contributed by atoms with Gasteiger partial charge in [-0.05, 0) is 42.1 Å². The number of rotatable bonds is 6. The van der Waals surface area contributed by atoms with Gasteiger partial charge in [0, 0.05) is 24.3 Å². The molecule has 9 heteroatoms. The number of fused-ring (bicyclic) bond motifs is 1. The summed E-state index contributed by atoms with van der Waals surface area (Å²) in [6, 6.07) is 9.20. The van der Waals surface area contributed by atoms with Crippen molar-refractivity contribution in [1.82, 2.24) is 9.55 Å². The van der Waals surface area contributed by atoms with Gasteiger partial charge in [0.1, 0.15) is 4.70 Å². The van der Waals surface area contributed by atoms with Crippen LogP contribution in [0.15, 0.2) is 39.6 Å². The Bertz CT molecular complexity index is 1130. The molecule has 0 bridgehead atoms. The Morgan fingerprint density at radius 2 is 2.21 bits per heavy atom. The van der Waals surface area contributed by atoms with E-state index in [0.717, 1.165) is 5.56 Å². The molecule has 0 aliphatic carbocycles. The van der Waals surface area contributed by atoms with Crippen LogP contribution < -0.4 is 10.5 Å². The van der Waals surface area contributed by atoms with Crippen molar-refractivity contribution in [3.8, 4) is 6.07 Å². The Hall–Kier alpha value is -2.34. The molecule has 0 saturated heterocycles. The topological polar surface area (TPSA) is 79.0 Å². The summed E-state index contributed by atoms with van der Waals surface area (Å²) in [5, 5.41) is 11.9. The first-order valence-corrected chi connectivity index (χ1v) is 10.7. The molecule has 6 nitrogen and oxygen atoms in total. The number of carbonyl (C=O) groups is 1. The van der Waals surface area contributed by atoms with Crippen LogP contribution >= 0.6 is 34.7 Å². The van der Waals surface area contributed by atoms with Crippen LogP contribution in [0.2, 0.25) is 5.02 Å². The summed E-state index contributed by atoms with van der Waals surface area (Å²) in [5.41, 5.74) is 2.06. The molecule has 2 aromatic heterocycles. The molecule has 0 radical (unpaired) electrons. The number of nitriles is 1. The first-order chi connectivity index (χ1) is 13.4. The maximum Gasteiger partial charge on any atom is 0.271 e. The zero-order valence-electron chi connectivity index (χ0n) is 15.3. The average Bonchev–Trinajstić information content (AvgIpc) is 3.15. The van der Waals surface area contributed by atoms with E-state index < -0.39 is 0 Å². The maximum absolute atomic E-state index is 12.9. The third-order valence-corrected chi connectivity index (χ3v) is 6.50. The Morgan fingerprint density at radius 3 is 2.93 bits per heavy atom. The van der Waals surface area contributed by atoms with Crippen molar-refractivity contribution >= 4 is 56.5 Å². The van der Waals surface area contributed by atoms with Crippen molar-refractivity contribution < 1.29 is 4.79 Å². The van der Waals surface area contributed by atoms with E-state index in [1.165, 1.54) is 27.7 Å². The van der Waals surface area contributed by atoms with Crippen molar-refractivity contribution in [1.29, 1.82) is 5.26 Å². The van der Waals surface area contributed by atoms with E-state index in [1.807, 2.05) is 18.4 Å². The van der Waals surface area contributed by atoms with Crippen molar-refractivity contribution in [2.75, 3.05) is 17.2 Å². The van der Waals surface area contributed by atoms with Gasteiger partial charge in [-0.2, -0.15) is 5.26 Å². The van der Waals surface area contributed by atoms with Gasteiger partial charge in [-0.3, -0.25) is 14.2 Å². The van der Waals surface area contributed by atoms with Gasteiger partial charge < -0.3 is 4.90 Å². The summed E-state index contributed by atoms with van der Waals surface area (Å²) >= 11 is 8.64. The fourth-order valence-corrected chi connectivity index (χ4v) is 4.43. The lowest BCUT2D eigenvalue weighted by molar-refractivity contribution is -0.116. The number of aryl methyl sites for hydroxylation is 1. The number of hydrogen-bond donors (Lipinski definition) is 0. The molecule has 0 atom stereocenters. The molecule has 0 saturated carbocycles. The van der Waals surface area contributed by atoms with Gasteiger partial charge in [-0.1, -0.05) is 23.4 Å². The minimum atomic E-state index is -0.165. The quantitative estimate of drug-likeness (QED) is 0.434. The van der Waals surface area contributed by atoms with Crippen molar-refractivity contribution in [3.63, 3.8) is 0 Å². The number of amides is 1. The predicted molar refractivity (Wildman–Crippen MR) is 114 cm³/mol. The lowest BCUT2D eigenvalue weighted by atomic mass is 10.2. The van der Waals surface area contributed by atoms with Crippen LogP contribution in [-0.4, -0.2) is 27.8 Å². The molecule has 3 aromatic rings. The minimum absolute atomic E-state index is 0.100. The van der Waals surface area contributed by atoms with Gasteiger partial charge in [0.2, 0.25) is 5.91 Å². The highest BCUT2D eigenvalue weighted by molar-refractivity contribution is 7.99. The number of thioether (sulfide) groups is 1. The van der Waals surface area contributed by atoms with Gasteiger partial charge in [0.15, 0.2) is 5.16 Å². The molecule has 0 unspecified atom stereocenters. The third kappa shape index (κ3) is 4.22. The van der Waals surface area contributed by atoms with Crippen LogP contribution in [0.4, 0.5) is 5.69 Å². The Morgan fingerprint density at radius 1 is 1.43 bits per heavy atom. The number of hydrogen-bond acceptors (Lipinski definition) is 6. The van der Waals surface area contributed by atoms with E-state index in [-0.39, 0.29) is 30.2 Å². The van der Waals surface area contributed by atoms with E-state index in [1.54, 1.807) is 30.1 Å². The van der Waals surface area contributed by atoms with Gasteiger partial charge in [0.25, 0.3) is 5.56 Å². The lowest BCUT2D eigenvalue weighted by Gasteiger charge is -2.22. The molecular formula is C19H17ClN4O2S2. The van der Waals surface area contributed by atoms with Crippen LogP contribution in [0.1, 0.15) is 12.0 Å². The predicted octanol–water partition coefficient (Wildman–Crippen LogP) is 4.00. The SMILES string of the molecule is Cc1cc(N(CCC#N)C(=O)CSc2nc3ccsc3c(=O)n2C)ccc1Cl. The smallest absolute Gasteiger partial charge is 0.271 e. The van der Waals surface area contributed by atoms with Crippen LogP contribution in [0.3, 0.4) is 0 Å². The highest BCUT2D eigenvalue weighted by Gasteiger charge is 2.18. The fraction of sp³-hybridized carbons (Fsp3) is 0.263. The lowest BCUT2D eigenvalue weighted by Crippen LogP contribution is -2.33. The monoisotopic (exact) mass is 432 g/mol. The van der Waals surface area contributed by atoms with E-state index >= 15 is 0 Å². The number of nitrogens with zero attached hydrogens (tertiary/aromatic N) is 4. The summed E-state index contributed by atoms with van der Waals surface area (Å²) in [5.74, 6) is -0.0649. The molecule has 0 spiro atoms. The molecule has 0 aliphatic rings. The van der Waals surface area contributed by atoms with Crippen molar-refractivity contribution in [2.45, 2.75) is 18.5 Å². The molecule has 1 amide bonds. The number of anilines is 1. The minimum Gasteiger partial charge on any atom is -0.311 e. The van der Waals surface area contributed by atoms with Crippen molar-refractivity contribution in [2.24, 2.45) is 7.05 Å². The molecule has 0 aliphatic heterocycles. The molecule has 1 aromatic carbocycles. The van der Waals surface area contributed by atoms with Crippen LogP contribution in [0, 0.1) is 18.3 Å². The second-order valence-corrected chi connectivity index (χ2v) is 8.33. The van der Waals surface area contributed by atoms with E-state index in [9.17, 15) is 9.59 Å². The zero-order valence-corrected chi connectivity index (χ0v) is 17.7. The normalized spacial score (nSPS) is 10.8. The number of thiophene rings is 1. The second kappa shape index (κ2) is 8.78. The molecule has 3 rings (SSSR count). The summed E-state index contributed by atoms with van der Waals surface area (Å²) in [6.07, 6.45) is 0.218. The standard InChI is InChI=1S/C19H17ClN4O2S2/c1-12-10-13(4-5-14(12)20)24(8-3-7-21)16(25)11-28-19-22-15-6-9-27-17(15)18(26)23(19)2/h4-6,9-10H,3,8,11H2,1-2H3. The van der Waals surface area contributed by atoms with Gasteiger partial charge in [-0.25, -0.2) is 4.98 Å². The van der Waals surface area contributed by atoms with E-state index in [4.69, 9.17) is 16.9 Å². The fourth-order valence-electron chi connectivity index (χ4n) is 2.66. The van der Waals surface area contributed by atoms with Gasteiger partial charge in [-0.15, -0.1) is 11.3 Å². The highest BCUT2D eigenvalue weighted by atomic mass is 35.5. The second-order valence-electron chi connectivity index (χ2n) is 6.07. The maximum atomic E-state index is 12.9.